The maximum atomic E-state index is 12.0. The molecule has 4 saturated carbocycles. The summed E-state index contributed by atoms with van der Waals surface area (Å²) in [6.45, 7) is 4.75. The monoisotopic (exact) mass is 926 g/mol. The Bertz CT molecular complexity index is 1860. The van der Waals surface area contributed by atoms with E-state index >= 15 is 0 Å². The van der Waals surface area contributed by atoms with Gasteiger partial charge in [-0.1, -0.05) is 127 Å². The topological polar surface area (TPSA) is 115 Å². The molecule has 0 bridgehead atoms. The molecule has 5 aliphatic carbocycles. The molecule has 3 aromatic rings. The van der Waals surface area contributed by atoms with Gasteiger partial charge in [-0.25, -0.2) is 0 Å². The van der Waals surface area contributed by atoms with Crippen molar-refractivity contribution in [1.29, 1.82) is 0 Å². The molecular formula is C54H70Fe2O6. The van der Waals surface area contributed by atoms with E-state index < -0.39 is 0 Å². The zero-order valence-electron chi connectivity index (χ0n) is 36.9. The van der Waals surface area contributed by atoms with Crippen LogP contribution in [-0.2, 0) is 38.9 Å². The number of aliphatic hydroxyl groups is 1. The normalized spacial score (nSPS) is 20.0. The zero-order chi connectivity index (χ0) is 42.4. The van der Waals surface area contributed by atoms with Crippen LogP contribution in [0.1, 0.15) is 157 Å². The summed E-state index contributed by atoms with van der Waals surface area (Å²) < 4.78 is 0. The molecule has 62 heavy (non-hydrogen) atoms. The molecule has 0 aromatic heterocycles. The molecule has 0 heterocycles. The third kappa shape index (κ3) is 14.8. The van der Waals surface area contributed by atoms with Gasteiger partial charge in [0.2, 0.25) is 0 Å². The first kappa shape index (κ1) is 51.1. The van der Waals surface area contributed by atoms with E-state index in [1.165, 1.54) is 138 Å². The maximum absolute atomic E-state index is 12.0. The molecule has 0 aliphatic heterocycles. The van der Waals surface area contributed by atoms with Crippen molar-refractivity contribution in [3.05, 3.63) is 119 Å². The van der Waals surface area contributed by atoms with E-state index in [4.69, 9.17) is 10.2 Å². The van der Waals surface area contributed by atoms with Gasteiger partial charge in [0.25, 0.3) is 0 Å². The van der Waals surface area contributed by atoms with Gasteiger partial charge in [0, 0.05) is 58.0 Å². The summed E-state index contributed by atoms with van der Waals surface area (Å²) >= 11 is 0. The van der Waals surface area contributed by atoms with Gasteiger partial charge in [0.1, 0.15) is 28.8 Å². The number of aromatic hydroxyl groups is 3. The van der Waals surface area contributed by atoms with Crippen molar-refractivity contribution in [2.75, 3.05) is 0 Å². The number of rotatable bonds is 12. The van der Waals surface area contributed by atoms with E-state index in [1.54, 1.807) is 54.1 Å². The van der Waals surface area contributed by atoms with Crippen LogP contribution in [0.5, 0.6) is 17.2 Å². The van der Waals surface area contributed by atoms with Crippen LogP contribution in [0.25, 0.3) is 5.57 Å². The molecule has 8 heteroatoms. The molecule has 3 aromatic carbocycles. The number of allylic oxidation sites excluding steroid dienone is 4. The first-order chi connectivity index (χ1) is 29.0. The molecule has 4 N–H and O–H groups in total. The Morgan fingerprint density at radius 3 is 1.34 bits per heavy atom. The van der Waals surface area contributed by atoms with Gasteiger partial charge in [-0.05, 0) is 145 Å². The smallest absolute Gasteiger partial charge is 0.170 e. The largest absolute Gasteiger partial charge is 0.508 e. The number of ketones is 2. The number of carbonyl (C=O) groups excluding carboxylic acids is 2. The Morgan fingerprint density at radius 1 is 0.532 bits per heavy atom. The number of hydrogen-bond acceptors (Lipinski definition) is 6. The second kappa shape index (κ2) is 25.7. The van der Waals surface area contributed by atoms with Crippen LogP contribution in [0.4, 0.5) is 0 Å². The standard InChI is InChI=1S/C27H34O2.C14H24O.C13H12O3.2Fe/c1-19(20-6-2-3-7-20)18-26(21-8-4-5-9-21)27(22-10-14-24(28)15-11-22)23-12-16-25(29)17-13-23;1-11(12-6-2-3-7-12)10-14(15)13-8-4-5-9-13;14-11-5-1-9(2-6-11)13(16)10-3-7-12(15)8-4-10;;/h10-17,19-21,28-29H,2-9,18H2,1H3;11-13H,2-10H2,1H3;1-3,5-8,10,14-15H,4H2;;/t19-;11-;;;/m00.../s1. The van der Waals surface area contributed by atoms with Crippen LogP contribution < -0.4 is 0 Å². The number of Topliss-reactive ketones (excluding diaryl/α,β-unsaturated/α-hetero) is 2. The Balaban J connectivity index is 0.000000218. The second-order valence-corrected chi connectivity index (χ2v) is 18.6. The van der Waals surface area contributed by atoms with Crippen molar-refractivity contribution >= 4 is 17.1 Å². The number of phenols is 3. The van der Waals surface area contributed by atoms with Gasteiger partial charge in [-0.2, -0.15) is 0 Å². The number of benzene rings is 3. The second-order valence-electron chi connectivity index (χ2n) is 18.6. The summed E-state index contributed by atoms with van der Waals surface area (Å²) in [7, 11) is 0. The minimum Gasteiger partial charge on any atom is -0.508 e. The van der Waals surface area contributed by atoms with Crippen molar-refractivity contribution in [3.8, 4) is 17.2 Å². The van der Waals surface area contributed by atoms with Crippen LogP contribution in [0, 0.1) is 41.4 Å². The van der Waals surface area contributed by atoms with Crippen molar-refractivity contribution in [3.63, 3.8) is 0 Å². The average molecular weight is 927 g/mol. The number of phenolic OH excluding ortho intramolecular Hbond substituents is 3. The molecule has 5 aliphatic rings. The van der Waals surface area contributed by atoms with Gasteiger partial charge >= 0.3 is 0 Å². The molecule has 4 fully saturated rings. The van der Waals surface area contributed by atoms with E-state index in [1.807, 2.05) is 24.3 Å². The molecule has 3 atom stereocenters. The Kier molecular flexibility index (Phi) is 21.2. The third-order valence-electron chi connectivity index (χ3n) is 14.3. The molecule has 338 valence electrons. The van der Waals surface area contributed by atoms with Gasteiger partial charge in [0.15, 0.2) is 5.78 Å². The van der Waals surface area contributed by atoms with E-state index in [2.05, 4.69) is 13.8 Å². The molecule has 1 unspecified atom stereocenters. The number of aliphatic hydroxyl groups excluding tert-OH is 1. The van der Waals surface area contributed by atoms with E-state index in [0.717, 1.165) is 24.7 Å². The fourth-order valence-electron chi connectivity index (χ4n) is 10.6. The van der Waals surface area contributed by atoms with Gasteiger partial charge in [0.05, 0.1) is 0 Å². The maximum Gasteiger partial charge on any atom is 0.170 e. The predicted molar refractivity (Wildman–Crippen MR) is 243 cm³/mol. The van der Waals surface area contributed by atoms with E-state index in [9.17, 15) is 19.8 Å². The molecule has 0 radical (unpaired) electrons. The average Bonchev–Trinajstić information content (AvgIpc) is 4.12. The predicted octanol–water partition coefficient (Wildman–Crippen LogP) is 13.9. The van der Waals surface area contributed by atoms with Crippen molar-refractivity contribution in [2.24, 2.45) is 41.4 Å². The fraction of sp³-hybridized carbons (Fsp3) is 0.519. The molecule has 0 spiro atoms. The number of carbonyl (C=O) groups is 2. The zero-order valence-corrected chi connectivity index (χ0v) is 39.2. The molecular weight excluding hydrogens is 856 g/mol. The molecule has 8 rings (SSSR count). The SMILES string of the molecule is C[C@@H](CC(=C(c1ccc(O)cc1)c1ccc(O)cc1)C1CCCC1)C1CCCC1.C[C@@H](CC(=O)C1CCCC1)C1CCCC1.O=C(c1ccc(O)cc1)C1C=CC(O)=CC1.[Fe].[Fe]. The fourth-order valence-corrected chi connectivity index (χ4v) is 10.6. The van der Waals surface area contributed by atoms with E-state index in [0.29, 0.717) is 52.9 Å². The molecule has 0 saturated heterocycles. The van der Waals surface area contributed by atoms with Gasteiger partial charge < -0.3 is 20.4 Å². The van der Waals surface area contributed by atoms with Crippen LogP contribution in [-0.4, -0.2) is 32.0 Å². The van der Waals surface area contributed by atoms with Crippen LogP contribution in [0.2, 0.25) is 0 Å². The Hall–Kier alpha value is -3.54. The van der Waals surface area contributed by atoms with Crippen LogP contribution in [0.3, 0.4) is 0 Å². The third-order valence-corrected chi connectivity index (χ3v) is 14.3. The number of hydrogen-bond donors (Lipinski definition) is 4. The molecule has 0 amide bonds. The van der Waals surface area contributed by atoms with E-state index in [-0.39, 0.29) is 57.3 Å². The summed E-state index contributed by atoms with van der Waals surface area (Å²) in [6, 6.07) is 21.6. The summed E-state index contributed by atoms with van der Waals surface area (Å²) in [4.78, 5) is 24.0. The molecule has 6 nitrogen and oxygen atoms in total. The minimum atomic E-state index is -0.222. The van der Waals surface area contributed by atoms with Crippen LogP contribution in [0.15, 0.2) is 102 Å². The minimum absolute atomic E-state index is 0. The van der Waals surface area contributed by atoms with Crippen molar-refractivity contribution in [1.82, 2.24) is 0 Å². The summed E-state index contributed by atoms with van der Waals surface area (Å²) in [5.74, 6) is 5.47. The Morgan fingerprint density at radius 2 is 0.919 bits per heavy atom. The summed E-state index contributed by atoms with van der Waals surface area (Å²) in [6.07, 6.45) is 28.6. The summed E-state index contributed by atoms with van der Waals surface area (Å²) in [5, 5.41) is 37.9. The van der Waals surface area contributed by atoms with Crippen molar-refractivity contribution < 1.29 is 64.2 Å². The van der Waals surface area contributed by atoms with Gasteiger partial charge in [-0.3, -0.25) is 9.59 Å². The Labute approximate surface area is 392 Å². The summed E-state index contributed by atoms with van der Waals surface area (Å²) in [5.41, 5.74) is 5.84. The first-order valence-corrected chi connectivity index (χ1v) is 23.3. The quantitative estimate of drug-likeness (QED) is 0.106. The first-order valence-electron chi connectivity index (χ1n) is 23.3. The van der Waals surface area contributed by atoms with Crippen molar-refractivity contribution in [2.45, 2.75) is 136 Å². The van der Waals surface area contributed by atoms with Crippen LogP contribution >= 0.6 is 0 Å². The van der Waals surface area contributed by atoms with Gasteiger partial charge in [-0.15, -0.1) is 0 Å².